The topological polar surface area (TPSA) is 32.3 Å². The molecular formula is C25H26N2O. The van der Waals surface area contributed by atoms with Crippen LogP contribution in [0.2, 0.25) is 0 Å². The average molecular weight is 370 g/mol. The van der Waals surface area contributed by atoms with Gasteiger partial charge in [0.2, 0.25) is 0 Å². The first-order valence-electron chi connectivity index (χ1n) is 9.97. The van der Waals surface area contributed by atoms with Crippen molar-refractivity contribution in [3.63, 3.8) is 0 Å². The smallest absolute Gasteiger partial charge is 0.256 e. The van der Waals surface area contributed by atoms with E-state index in [1.165, 1.54) is 11.1 Å². The van der Waals surface area contributed by atoms with Crippen LogP contribution in [0.5, 0.6) is 0 Å². The Hall–Kier alpha value is -2.91. The first kappa shape index (κ1) is 18.5. The number of nitrogens with one attached hydrogen (secondary N) is 1. The van der Waals surface area contributed by atoms with Crippen molar-refractivity contribution in [2.75, 3.05) is 0 Å². The van der Waals surface area contributed by atoms with Crippen LogP contribution in [0.3, 0.4) is 0 Å². The van der Waals surface area contributed by atoms with Gasteiger partial charge < -0.3 is 4.90 Å². The van der Waals surface area contributed by atoms with E-state index in [9.17, 15) is 4.79 Å². The van der Waals surface area contributed by atoms with Gasteiger partial charge in [-0.2, -0.15) is 0 Å². The highest BCUT2D eigenvalue weighted by Gasteiger charge is 2.38. The predicted octanol–water partition coefficient (Wildman–Crippen LogP) is 4.95. The van der Waals surface area contributed by atoms with E-state index in [1.807, 2.05) is 47.4 Å². The minimum absolute atomic E-state index is 0.0883. The van der Waals surface area contributed by atoms with Crippen molar-refractivity contribution in [3.05, 3.63) is 107 Å². The summed E-state index contributed by atoms with van der Waals surface area (Å²) in [5, 5.41) is 3.62. The summed E-state index contributed by atoms with van der Waals surface area (Å²) < 4.78 is 0. The SMILES string of the molecule is C[C@H](CCc1ccccc1)N1C(=O)c2ccccc2[C@H]1NCc1ccccc1. The Morgan fingerprint density at radius 3 is 2.18 bits per heavy atom. The van der Waals surface area contributed by atoms with Crippen molar-refractivity contribution in [2.45, 2.75) is 38.5 Å². The van der Waals surface area contributed by atoms with Gasteiger partial charge in [0.1, 0.15) is 6.17 Å². The highest BCUT2D eigenvalue weighted by molar-refractivity contribution is 5.99. The van der Waals surface area contributed by atoms with Gasteiger partial charge in [-0.3, -0.25) is 10.1 Å². The average Bonchev–Trinajstić information content (AvgIpc) is 3.04. The van der Waals surface area contributed by atoms with E-state index in [2.05, 4.69) is 54.7 Å². The maximum atomic E-state index is 13.2. The third-order valence-corrected chi connectivity index (χ3v) is 5.51. The molecule has 2 atom stereocenters. The molecule has 0 aliphatic carbocycles. The summed E-state index contributed by atoms with van der Waals surface area (Å²) in [5.41, 5.74) is 4.43. The molecule has 0 saturated carbocycles. The summed E-state index contributed by atoms with van der Waals surface area (Å²) >= 11 is 0. The van der Waals surface area contributed by atoms with E-state index in [-0.39, 0.29) is 18.1 Å². The normalized spacial score (nSPS) is 16.8. The second-order valence-corrected chi connectivity index (χ2v) is 7.44. The molecule has 3 aromatic carbocycles. The van der Waals surface area contributed by atoms with Gasteiger partial charge in [-0.1, -0.05) is 78.9 Å². The molecule has 1 heterocycles. The number of hydrogen-bond donors (Lipinski definition) is 1. The van der Waals surface area contributed by atoms with Crippen LogP contribution in [0.1, 0.15) is 46.6 Å². The molecule has 1 aliphatic heterocycles. The van der Waals surface area contributed by atoms with E-state index < -0.39 is 0 Å². The molecule has 1 amide bonds. The van der Waals surface area contributed by atoms with Crippen molar-refractivity contribution < 1.29 is 4.79 Å². The second kappa shape index (κ2) is 8.41. The van der Waals surface area contributed by atoms with Gasteiger partial charge in [-0.25, -0.2) is 0 Å². The van der Waals surface area contributed by atoms with E-state index in [1.54, 1.807) is 0 Å². The van der Waals surface area contributed by atoms with Crippen LogP contribution in [-0.2, 0) is 13.0 Å². The molecule has 3 aromatic rings. The first-order chi connectivity index (χ1) is 13.7. The minimum Gasteiger partial charge on any atom is -0.316 e. The molecule has 0 unspecified atom stereocenters. The summed E-state index contributed by atoms with van der Waals surface area (Å²) in [5.74, 6) is 0.127. The van der Waals surface area contributed by atoms with Crippen LogP contribution in [0.15, 0.2) is 84.9 Å². The summed E-state index contributed by atoms with van der Waals surface area (Å²) in [4.78, 5) is 15.2. The molecule has 0 radical (unpaired) electrons. The monoisotopic (exact) mass is 370 g/mol. The fourth-order valence-electron chi connectivity index (χ4n) is 3.97. The van der Waals surface area contributed by atoms with Gasteiger partial charge in [0.15, 0.2) is 0 Å². The number of fused-ring (bicyclic) bond motifs is 1. The van der Waals surface area contributed by atoms with Crippen LogP contribution in [0, 0.1) is 0 Å². The summed E-state index contributed by atoms with van der Waals surface area (Å²) in [6.45, 7) is 2.89. The number of hydrogen-bond acceptors (Lipinski definition) is 2. The van der Waals surface area contributed by atoms with Crippen LogP contribution in [0.25, 0.3) is 0 Å². The van der Waals surface area contributed by atoms with Gasteiger partial charge in [0.25, 0.3) is 5.91 Å². The number of nitrogens with zero attached hydrogens (tertiary/aromatic N) is 1. The zero-order chi connectivity index (χ0) is 19.3. The second-order valence-electron chi connectivity index (χ2n) is 7.44. The number of rotatable bonds is 7. The Balaban J connectivity index is 1.52. The maximum absolute atomic E-state index is 13.2. The maximum Gasteiger partial charge on any atom is 0.256 e. The lowest BCUT2D eigenvalue weighted by Crippen LogP contribution is -2.42. The molecule has 0 fully saturated rings. The minimum atomic E-state index is -0.0883. The molecule has 0 saturated heterocycles. The quantitative estimate of drug-likeness (QED) is 0.638. The molecule has 0 spiro atoms. The van der Waals surface area contributed by atoms with Crippen molar-refractivity contribution in [1.29, 1.82) is 0 Å². The lowest BCUT2D eigenvalue weighted by atomic mass is 10.0. The fourth-order valence-corrected chi connectivity index (χ4v) is 3.97. The number of aryl methyl sites for hydroxylation is 1. The Bertz CT molecular complexity index is 924. The molecule has 0 aromatic heterocycles. The summed E-state index contributed by atoms with van der Waals surface area (Å²) in [6.07, 6.45) is 1.82. The van der Waals surface area contributed by atoms with Gasteiger partial charge in [0.05, 0.1) is 0 Å². The Morgan fingerprint density at radius 2 is 1.46 bits per heavy atom. The number of carbonyl (C=O) groups excluding carboxylic acids is 1. The number of carbonyl (C=O) groups is 1. The highest BCUT2D eigenvalue weighted by atomic mass is 16.2. The lowest BCUT2D eigenvalue weighted by Gasteiger charge is -2.32. The highest BCUT2D eigenvalue weighted by Crippen LogP contribution is 2.34. The van der Waals surface area contributed by atoms with Gasteiger partial charge in [-0.05, 0) is 37.0 Å². The summed E-state index contributed by atoms with van der Waals surface area (Å²) in [6, 6.07) is 28.9. The number of amides is 1. The first-order valence-corrected chi connectivity index (χ1v) is 9.97. The standard InChI is InChI=1S/C25H26N2O/c1-19(16-17-20-10-4-2-5-11-20)27-24(26-18-21-12-6-3-7-13-21)22-14-8-9-15-23(22)25(27)28/h2-15,19,24,26H,16-18H2,1H3/t19-,24+/m1/s1. The Morgan fingerprint density at radius 1 is 0.857 bits per heavy atom. The van der Waals surface area contributed by atoms with Crippen molar-refractivity contribution in [2.24, 2.45) is 0 Å². The molecule has 142 valence electrons. The van der Waals surface area contributed by atoms with Crippen LogP contribution in [0.4, 0.5) is 0 Å². The van der Waals surface area contributed by atoms with Gasteiger partial charge >= 0.3 is 0 Å². The molecule has 4 rings (SSSR count). The third kappa shape index (κ3) is 3.85. The fraction of sp³-hybridized carbons (Fsp3) is 0.240. The van der Waals surface area contributed by atoms with Crippen molar-refractivity contribution in [1.82, 2.24) is 10.2 Å². The predicted molar refractivity (Wildman–Crippen MR) is 113 cm³/mol. The summed E-state index contributed by atoms with van der Waals surface area (Å²) in [7, 11) is 0. The van der Waals surface area contributed by atoms with Crippen LogP contribution in [-0.4, -0.2) is 16.8 Å². The molecule has 1 N–H and O–H groups in total. The Labute approximate surface area is 167 Å². The van der Waals surface area contributed by atoms with Gasteiger partial charge in [0, 0.05) is 23.7 Å². The van der Waals surface area contributed by atoms with Crippen LogP contribution < -0.4 is 5.32 Å². The molecule has 0 bridgehead atoms. The van der Waals surface area contributed by atoms with Crippen molar-refractivity contribution in [3.8, 4) is 0 Å². The zero-order valence-corrected chi connectivity index (χ0v) is 16.2. The molecule has 3 nitrogen and oxygen atoms in total. The number of benzene rings is 3. The zero-order valence-electron chi connectivity index (χ0n) is 16.2. The molecule has 1 aliphatic rings. The molecule has 3 heteroatoms. The molecular weight excluding hydrogens is 344 g/mol. The third-order valence-electron chi connectivity index (χ3n) is 5.51. The van der Waals surface area contributed by atoms with Crippen LogP contribution >= 0.6 is 0 Å². The van der Waals surface area contributed by atoms with Gasteiger partial charge in [-0.15, -0.1) is 0 Å². The van der Waals surface area contributed by atoms with Crippen molar-refractivity contribution >= 4 is 5.91 Å². The van der Waals surface area contributed by atoms with E-state index >= 15 is 0 Å². The van der Waals surface area contributed by atoms with E-state index in [4.69, 9.17) is 0 Å². The lowest BCUT2D eigenvalue weighted by molar-refractivity contribution is 0.0590. The largest absolute Gasteiger partial charge is 0.316 e. The molecule has 28 heavy (non-hydrogen) atoms. The van der Waals surface area contributed by atoms with E-state index in [0.29, 0.717) is 0 Å². The Kier molecular flexibility index (Phi) is 5.54. The van der Waals surface area contributed by atoms with E-state index in [0.717, 1.165) is 30.5 Å².